The van der Waals surface area contributed by atoms with E-state index in [0.717, 1.165) is 29.2 Å². The number of methoxy groups -OCH3 is 1. The Kier molecular flexibility index (Phi) is 3.54. The molecule has 1 N–H and O–H groups in total. The molecule has 4 heteroatoms. The molecule has 0 aliphatic carbocycles. The van der Waals surface area contributed by atoms with Gasteiger partial charge in [0.1, 0.15) is 11.5 Å². The van der Waals surface area contributed by atoms with Gasteiger partial charge in [0.2, 0.25) is 0 Å². The highest BCUT2D eigenvalue weighted by molar-refractivity contribution is 8.00. The summed E-state index contributed by atoms with van der Waals surface area (Å²) in [6.45, 7) is 0.798. The van der Waals surface area contributed by atoms with Crippen LogP contribution in [-0.2, 0) is 0 Å². The van der Waals surface area contributed by atoms with E-state index in [1.165, 1.54) is 4.90 Å². The molecule has 2 aliphatic heterocycles. The Morgan fingerprint density at radius 3 is 2.70 bits per heavy atom. The number of nitrogens with zero attached hydrogens (tertiary/aromatic N) is 1. The number of allylic oxidation sites excluding steroid dienone is 1. The van der Waals surface area contributed by atoms with Gasteiger partial charge in [-0.1, -0.05) is 30.3 Å². The summed E-state index contributed by atoms with van der Waals surface area (Å²) in [4.78, 5) is 3.35. The molecular formula is C19H17NO2S. The van der Waals surface area contributed by atoms with E-state index in [2.05, 4.69) is 23.1 Å². The molecule has 0 saturated carbocycles. The van der Waals surface area contributed by atoms with Crippen molar-refractivity contribution in [1.29, 1.82) is 0 Å². The van der Waals surface area contributed by atoms with Gasteiger partial charge >= 0.3 is 0 Å². The van der Waals surface area contributed by atoms with E-state index in [0.29, 0.717) is 5.76 Å². The van der Waals surface area contributed by atoms with Crippen molar-refractivity contribution in [3.05, 3.63) is 77.7 Å². The summed E-state index contributed by atoms with van der Waals surface area (Å²) in [5, 5.41) is 10.8. The Hall–Kier alpha value is -2.33. The number of ether oxygens (including phenoxy) is 1. The van der Waals surface area contributed by atoms with Gasteiger partial charge in [0.15, 0.2) is 0 Å². The van der Waals surface area contributed by atoms with Crippen LogP contribution in [-0.4, -0.2) is 18.8 Å². The molecular weight excluding hydrogens is 306 g/mol. The van der Waals surface area contributed by atoms with E-state index >= 15 is 0 Å². The predicted molar refractivity (Wildman–Crippen MR) is 94.2 cm³/mol. The molecule has 2 aromatic carbocycles. The van der Waals surface area contributed by atoms with Crippen LogP contribution in [0.1, 0.15) is 10.8 Å². The van der Waals surface area contributed by atoms with Crippen molar-refractivity contribution in [2.45, 2.75) is 10.1 Å². The molecule has 0 bridgehead atoms. The standard InChI is InChI=1S/C19H17NO2S/c1-22-14-10-8-13(9-11-14)19-18(21)16-6-4-12-20(16)15-5-2-3-7-17(15)23-19/h2-11,19,21H,12H2,1H3. The lowest BCUT2D eigenvalue weighted by Gasteiger charge is -2.20. The normalized spacial score (nSPS) is 19.3. The molecule has 1 atom stereocenters. The first-order chi connectivity index (χ1) is 11.3. The van der Waals surface area contributed by atoms with Crippen LogP contribution in [0.4, 0.5) is 5.69 Å². The zero-order valence-corrected chi connectivity index (χ0v) is 13.6. The smallest absolute Gasteiger partial charge is 0.134 e. The average molecular weight is 323 g/mol. The quantitative estimate of drug-likeness (QED) is 0.869. The van der Waals surface area contributed by atoms with Crippen LogP contribution < -0.4 is 9.64 Å². The Morgan fingerprint density at radius 2 is 1.91 bits per heavy atom. The lowest BCUT2D eigenvalue weighted by Crippen LogP contribution is -2.18. The maximum Gasteiger partial charge on any atom is 0.134 e. The Balaban J connectivity index is 1.83. The minimum atomic E-state index is -0.121. The lowest BCUT2D eigenvalue weighted by molar-refractivity contribution is 0.389. The number of benzene rings is 2. The van der Waals surface area contributed by atoms with Crippen molar-refractivity contribution < 1.29 is 9.84 Å². The highest BCUT2D eigenvalue weighted by Gasteiger charge is 2.31. The first-order valence-electron chi connectivity index (χ1n) is 7.55. The van der Waals surface area contributed by atoms with Gasteiger partial charge in [-0.25, -0.2) is 0 Å². The van der Waals surface area contributed by atoms with Crippen molar-refractivity contribution in [2.75, 3.05) is 18.6 Å². The number of anilines is 1. The molecule has 2 heterocycles. The maximum absolute atomic E-state index is 10.9. The second-order valence-corrected chi connectivity index (χ2v) is 6.67. The summed E-state index contributed by atoms with van der Waals surface area (Å²) in [6, 6.07) is 16.2. The number of para-hydroxylation sites is 1. The highest BCUT2D eigenvalue weighted by Crippen LogP contribution is 2.49. The summed E-state index contributed by atoms with van der Waals surface area (Å²) >= 11 is 1.69. The summed E-state index contributed by atoms with van der Waals surface area (Å²) in [6.07, 6.45) is 4.10. The number of hydrogen-bond acceptors (Lipinski definition) is 4. The predicted octanol–water partition coefficient (Wildman–Crippen LogP) is 4.69. The molecule has 0 saturated heterocycles. The second-order valence-electron chi connectivity index (χ2n) is 5.52. The van der Waals surface area contributed by atoms with Gasteiger partial charge in [-0.3, -0.25) is 0 Å². The van der Waals surface area contributed by atoms with Gasteiger partial charge in [0.25, 0.3) is 0 Å². The van der Waals surface area contributed by atoms with Crippen LogP contribution in [0.2, 0.25) is 0 Å². The number of aliphatic hydroxyl groups excluding tert-OH is 1. The zero-order chi connectivity index (χ0) is 15.8. The summed E-state index contributed by atoms with van der Waals surface area (Å²) < 4.78 is 5.23. The molecule has 0 aromatic heterocycles. The number of fused-ring (bicyclic) bond motifs is 3. The number of aliphatic hydroxyl groups is 1. The molecule has 3 nitrogen and oxygen atoms in total. The van der Waals surface area contributed by atoms with Gasteiger partial charge in [0.05, 0.1) is 23.7 Å². The van der Waals surface area contributed by atoms with Crippen molar-refractivity contribution in [3.8, 4) is 5.75 Å². The average Bonchev–Trinajstić information content (AvgIpc) is 3.05. The third-order valence-electron chi connectivity index (χ3n) is 4.18. The molecule has 1 unspecified atom stereocenters. The molecule has 0 spiro atoms. The van der Waals surface area contributed by atoms with Crippen LogP contribution in [0.3, 0.4) is 0 Å². The third-order valence-corrected chi connectivity index (χ3v) is 5.51. The van der Waals surface area contributed by atoms with E-state index < -0.39 is 0 Å². The number of rotatable bonds is 2. The third kappa shape index (κ3) is 2.39. The monoisotopic (exact) mass is 323 g/mol. The van der Waals surface area contributed by atoms with Crippen molar-refractivity contribution >= 4 is 17.4 Å². The van der Waals surface area contributed by atoms with Crippen molar-refractivity contribution in [3.63, 3.8) is 0 Å². The molecule has 116 valence electrons. The van der Waals surface area contributed by atoms with Crippen LogP contribution >= 0.6 is 11.8 Å². The van der Waals surface area contributed by atoms with Gasteiger partial charge in [-0.15, -0.1) is 11.8 Å². The summed E-state index contributed by atoms with van der Waals surface area (Å²) in [7, 11) is 1.66. The van der Waals surface area contributed by atoms with E-state index in [1.807, 2.05) is 42.5 Å². The fourth-order valence-corrected chi connectivity index (χ4v) is 4.25. The topological polar surface area (TPSA) is 32.7 Å². The molecule has 2 aliphatic rings. The molecule has 0 fully saturated rings. The molecule has 23 heavy (non-hydrogen) atoms. The van der Waals surface area contributed by atoms with E-state index in [1.54, 1.807) is 18.9 Å². The molecule has 0 amide bonds. The van der Waals surface area contributed by atoms with E-state index in [-0.39, 0.29) is 5.25 Å². The van der Waals surface area contributed by atoms with Crippen LogP contribution in [0.15, 0.2) is 77.0 Å². The number of hydrogen-bond donors (Lipinski definition) is 1. The van der Waals surface area contributed by atoms with Gasteiger partial charge < -0.3 is 14.7 Å². The summed E-state index contributed by atoms with van der Waals surface area (Å²) in [5.41, 5.74) is 3.11. The Labute approximate surface area is 139 Å². The maximum atomic E-state index is 10.9. The summed E-state index contributed by atoms with van der Waals surface area (Å²) in [5.74, 6) is 1.23. The van der Waals surface area contributed by atoms with Crippen LogP contribution in [0, 0.1) is 0 Å². The largest absolute Gasteiger partial charge is 0.509 e. The van der Waals surface area contributed by atoms with Crippen LogP contribution in [0.5, 0.6) is 5.75 Å². The number of thioether (sulfide) groups is 1. The Morgan fingerprint density at radius 1 is 1.13 bits per heavy atom. The van der Waals surface area contributed by atoms with E-state index in [4.69, 9.17) is 4.74 Å². The molecule has 2 aromatic rings. The van der Waals surface area contributed by atoms with E-state index in [9.17, 15) is 5.11 Å². The molecule has 0 radical (unpaired) electrons. The highest BCUT2D eigenvalue weighted by atomic mass is 32.2. The SMILES string of the molecule is COc1ccc(C2Sc3ccccc3N3CC=CC3=C2O)cc1. The van der Waals surface area contributed by atoms with Gasteiger partial charge in [-0.05, 0) is 35.9 Å². The van der Waals surface area contributed by atoms with Gasteiger partial charge in [0, 0.05) is 11.4 Å². The Bertz CT molecular complexity index is 795. The van der Waals surface area contributed by atoms with Crippen molar-refractivity contribution in [1.82, 2.24) is 0 Å². The van der Waals surface area contributed by atoms with Crippen molar-refractivity contribution in [2.24, 2.45) is 0 Å². The fourth-order valence-electron chi connectivity index (χ4n) is 3.01. The van der Waals surface area contributed by atoms with Crippen LogP contribution in [0.25, 0.3) is 0 Å². The van der Waals surface area contributed by atoms with Gasteiger partial charge in [-0.2, -0.15) is 0 Å². The fraction of sp³-hybridized carbons (Fsp3) is 0.158. The first kappa shape index (κ1) is 14.3. The second kappa shape index (κ2) is 5.70. The minimum absolute atomic E-state index is 0.121. The minimum Gasteiger partial charge on any atom is -0.509 e. The first-order valence-corrected chi connectivity index (χ1v) is 8.43. The molecule has 4 rings (SSSR count). The lowest BCUT2D eigenvalue weighted by atomic mass is 10.1. The zero-order valence-electron chi connectivity index (χ0n) is 12.8.